The van der Waals surface area contributed by atoms with Crippen molar-refractivity contribution < 1.29 is 14.3 Å². The number of rotatable bonds is 4. The molecule has 1 saturated heterocycles. The minimum absolute atomic E-state index is 0.122. The second-order valence-corrected chi connectivity index (χ2v) is 8.02. The molecule has 8 nitrogen and oxygen atoms in total. The van der Waals surface area contributed by atoms with Gasteiger partial charge in [0.1, 0.15) is 0 Å². The Morgan fingerprint density at radius 3 is 2.58 bits per heavy atom. The summed E-state index contributed by atoms with van der Waals surface area (Å²) in [6.45, 7) is 2.85. The Morgan fingerprint density at radius 2 is 1.73 bits per heavy atom. The molecule has 0 aliphatic carbocycles. The second kappa shape index (κ2) is 8.90. The van der Waals surface area contributed by atoms with Gasteiger partial charge in [0.15, 0.2) is 17.3 Å². The van der Waals surface area contributed by atoms with Crippen molar-refractivity contribution in [2.24, 2.45) is 0 Å². The Kier molecular flexibility index (Phi) is 5.64. The molecule has 170 valence electrons. The van der Waals surface area contributed by atoms with Gasteiger partial charge < -0.3 is 29.0 Å². The zero-order valence-electron chi connectivity index (χ0n) is 18.8. The number of nitrogens with one attached hydrogen (secondary N) is 1. The van der Waals surface area contributed by atoms with Crippen LogP contribution < -0.4 is 19.7 Å². The van der Waals surface area contributed by atoms with Crippen molar-refractivity contribution in [1.82, 2.24) is 14.3 Å². The number of anilines is 2. The highest BCUT2D eigenvalue weighted by Crippen LogP contribution is 2.30. The number of nitrogens with zero attached hydrogens (tertiary/aromatic N) is 4. The number of hydrogen-bond acceptors (Lipinski definition) is 5. The first-order chi connectivity index (χ1) is 16.2. The number of amides is 2. The molecule has 0 spiro atoms. The molecule has 2 aromatic heterocycles. The van der Waals surface area contributed by atoms with E-state index in [4.69, 9.17) is 14.5 Å². The lowest BCUT2D eigenvalue weighted by Crippen LogP contribution is -2.38. The molecule has 1 N–H and O–H groups in total. The molecule has 0 radical (unpaired) electrons. The highest BCUT2D eigenvalue weighted by atomic mass is 16.5. The van der Waals surface area contributed by atoms with Crippen LogP contribution in [0.3, 0.4) is 0 Å². The molecule has 0 saturated carbocycles. The largest absolute Gasteiger partial charge is 0.493 e. The number of benzene rings is 2. The van der Waals surface area contributed by atoms with E-state index in [9.17, 15) is 4.79 Å². The molecular formula is C25H27N5O3. The molecule has 2 aromatic carbocycles. The van der Waals surface area contributed by atoms with Crippen LogP contribution >= 0.6 is 0 Å². The van der Waals surface area contributed by atoms with Gasteiger partial charge in [-0.3, -0.25) is 0 Å². The standard InChI is InChI=1S/C25H27N5O3/c1-32-22-11-10-18(17-23(22)33-2)26-25(31)29-13-6-12-28(15-16-29)24-21-9-5-14-30(21)20-8-4-3-7-19(20)27-24/h3-5,7-11,14,17H,6,12-13,15-16H2,1-2H3,(H,26,31). The molecular weight excluding hydrogens is 418 g/mol. The predicted octanol–water partition coefficient (Wildman–Crippen LogP) is 4.25. The molecule has 5 rings (SSSR count). The number of carbonyl (C=O) groups is 1. The predicted molar refractivity (Wildman–Crippen MR) is 130 cm³/mol. The number of methoxy groups -OCH3 is 2. The van der Waals surface area contributed by atoms with Crippen molar-refractivity contribution >= 4 is 34.1 Å². The van der Waals surface area contributed by atoms with Gasteiger partial charge in [0, 0.05) is 44.1 Å². The first-order valence-electron chi connectivity index (χ1n) is 11.1. The summed E-state index contributed by atoms with van der Waals surface area (Å²) in [5.74, 6) is 2.16. The lowest BCUT2D eigenvalue weighted by Gasteiger charge is -2.24. The Morgan fingerprint density at radius 1 is 0.909 bits per heavy atom. The average Bonchev–Trinajstić information content (AvgIpc) is 3.21. The van der Waals surface area contributed by atoms with E-state index < -0.39 is 0 Å². The summed E-state index contributed by atoms with van der Waals surface area (Å²) in [4.78, 5) is 22.1. The number of carbonyl (C=O) groups excluding carboxylic acids is 1. The molecule has 4 aromatic rings. The Labute approximate surface area is 192 Å². The van der Waals surface area contributed by atoms with Crippen molar-refractivity contribution in [2.45, 2.75) is 6.42 Å². The molecule has 33 heavy (non-hydrogen) atoms. The van der Waals surface area contributed by atoms with Crippen LogP contribution in [0.4, 0.5) is 16.3 Å². The fourth-order valence-electron chi connectivity index (χ4n) is 4.39. The molecule has 3 heterocycles. The second-order valence-electron chi connectivity index (χ2n) is 8.02. The zero-order chi connectivity index (χ0) is 22.8. The molecule has 0 bridgehead atoms. The highest BCUT2D eigenvalue weighted by molar-refractivity contribution is 5.90. The topological polar surface area (TPSA) is 71.3 Å². The third-order valence-electron chi connectivity index (χ3n) is 6.06. The number of hydrogen-bond donors (Lipinski definition) is 1. The maximum absolute atomic E-state index is 13.0. The van der Waals surface area contributed by atoms with Gasteiger partial charge in [-0.15, -0.1) is 0 Å². The van der Waals surface area contributed by atoms with E-state index in [2.05, 4.69) is 32.9 Å². The van der Waals surface area contributed by atoms with E-state index in [-0.39, 0.29) is 6.03 Å². The summed E-state index contributed by atoms with van der Waals surface area (Å²) in [7, 11) is 3.17. The van der Waals surface area contributed by atoms with Crippen LogP contribution in [0.1, 0.15) is 6.42 Å². The normalized spacial score (nSPS) is 14.4. The number of urea groups is 1. The fraction of sp³-hybridized carbons (Fsp3) is 0.280. The number of para-hydroxylation sites is 2. The van der Waals surface area contributed by atoms with E-state index in [1.807, 2.05) is 35.2 Å². The Bertz CT molecular complexity index is 1300. The summed E-state index contributed by atoms with van der Waals surface area (Å²) in [5.41, 5.74) is 3.80. The SMILES string of the molecule is COc1ccc(NC(=O)N2CCCN(c3nc4ccccc4n4cccc34)CC2)cc1OC. The summed E-state index contributed by atoms with van der Waals surface area (Å²) >= 11 is 0. The van der Waals surface area contributed by atoms with E-state index in [0.29, 0.717) is 36.8 Å². The van der Waals surface area contributed by atoms with Crippen LogP contribution in [-0.4, -0.2) is 60.7 Å². The lowest BCUT2D eigenvalue weighted by atomic mass is 10.2. The van der Waals surface area contributed by atoms with Gasteiger partial charge >= 0.3 is 6.03 Å². The molecule has 0 atom stereocenters. The van der Waals surface area contributed by atoms with Crippen LogP contribution in [0.2, 0.25) is 0 Å². The molecule has 2 amide bonds. The molecule has 1 aliphatic rings. The van der Waals surface area contributed by atoms with E-state index >= 15 is 0 Å². The van der Waals surface area contributed by atoms with Crippen molar-refractivity contribution in [3.63, 3.8) is 0 Å². The lowest BCUT2D eigenvalue weighted by molar-refractivity contribution is 0.215. The highest BCUT2D eigenvalue weighted by Gasteiger charge is 2.22. The van der Waals surface area contributed by atoms with Gasteiger partial charge in [0.05, 0.1) is 30.8 Å². The number of fused-ring (bicyclic) bond motifs is 3. The summed E-state index contributed by atoms with van der Waals surface area (Å²) < 4.78 is 12.8. The van der Waals surface area contributed by atoms with Crippen LogP contribution in [0.25, 0.3) is 16.6 Å². The van der Waals surface area contributed by atoms with Gasteiger partial charge in [0.25, 0.3) is 0 Å². The fourth-order valence-corrected chi connectivity index (χ4v) is 4.39. The minimum Gasteiger partial charge on any atom is -0.493 e. The molecule has 1 fully saturated rings. The van der Waals surface area contributed by atoms with E-state index in [1.54, 1.807) is 26.4 Å². The minimum atomic E-state index is -0.122. The van der Waals surface area contributed by atoms with Crippen molar-refractivity contribution in [3.8, 4) is 11.5 Å². The summed E-state index contributed by atoms with van der Waals surface area (Å²) in [6.07, 6.45) is 2.93. The van der Waals surface area contributed by atoms with Crippen LogP contribution in [0, 0.1) is 0 Å². The maximum Gasteiger partial charge on any atom is 0.321 e. The van der Waals surface area contributed by atoms with Crippen molar-refractivity contribution in [3.05, 3.63) is 60.8 Å². The van der Waals surface area contributed by atoms with Gasteiger partial charge in [-0.25, -0.2) is 9.78 Å². The average molecular weight is 446 g/mol. The van der Waals surface area contributed by atoms with Gasteiger partial charge in [-0.2, -0.15) is 0 Å². The third kappa shape index (κ3) is 4.00. The van der Waals surface area contributed by atoms with Crippen LogP contribution in [-0.2, 0) is 0 Å². The van der Waals surface area contributed by atoms with Gasteiger partial charge in [0.2, 0.25) is 0 Å². The first kappa shape index (κ1) is 20.9. The zero-order valence-corrected chi connectivity index (χ0v) is 18.8. The van der Waals surface area contributed by atoms with E-state index in [1.165, 1.54) is 0 Å². The molecule has 8 heteroatoms. The van der Waals surface area contributed by atoms with Gasteiger partial charge in [-0.05, 0) is 42.8 Å². The molecule has 0 unspecified atom stereocenters. The first-order valence-corrected chi connectivity index (χ1v) is 11.1. The van der Waals surface area contributed by atoms with Crippen LogP contribution in [0.5, 0.6) is 11.5 Å². The monoisotopic (exact) mass is 445 g/mol. The third-order valence-corrected chi connectivity index (χ3v) is 6.06. The number of aromatic nitrogens is 2. The van der Waals surface area contributed by atoms with Crippen molar-refractivity contribution in [2.75, 3.05) is 50.6 Å². The van der Waals surface area contributed by atoms with Gasteiger partial charge in [-0.1, -0.05) is 12.1 Å². The summed E-state index contributed by atoms with van der Waals surface area (Å²) in [6, 6.07) is 17.6. The number of ether oxygens (including phenoxy) is 2. The Balaban J connectivity index is 1.33. The van der Waals surface area contributed by atoms with E-state index in [0.717, 1.165) is 35.3 Å². The van der Waals surface area contributed by atoms with Crippen molar-refractivity contribution in [1.29, 1.82) is 0 Å². The molecule has 1 aliphatic heterocycles. The summed E-state index contributed by atoms with van der Waals surface area (Å²) in [5, 5.41) is 2.98. The quantitative estimate of drug-likeness (QED) is 0.509. The maximum atomic E-state index is 13.0. The smallest absolute Gasteiger partial charge is 0.321 e. The Hall–Kier alpha value is -3.94. The van der Waals surface area contributed by atoms with Crippen LogP contribution in [0.15, 0.2) is 60.8 Å².